The van der Waals surface area contributed by atoms with Gasteiger partial charge >= 0.3 is 0 Å². The lowest BCUT2D eigenvalue weighted by molar-refractivity contribution is 0.0642. The number of aromatic nitrogens is 2. The van der Waals surface area contributed by atoms with Crippen LogP contribution in [-0.4, -0.2) is 85.6 Å². The summed E-state index contributed by atoms with van der Waals surface area (Å²) in [5.74, 6) is 1.80. The molecule has 2 aliphatic heterocycles. The third-order valence-corrected chi connectivity index (χ3v) is 8.66. The summed E-state index contributed by atoms with van der Waals surface area (Å²) in [4.78, 5) is 33.2. The third kappa shape index (κ3) is 4.60. The van der Waals surface area contributed by atoms with Gasteiger partial charge in [-0.2, -0.15) is 0 Å². The number of carbonyl (C=O) groups is 1. The molecule has 0 spiro atoms. The van der Waals surface area contributed by atoms with Crippen LogP contribution in [0.5, 0.6) is 0 Å². The monoisotopic (exact) mass is 470 g/mol. The number of nitrogens with zero attached hydrogens (tertiary/aromatic N) is 6. The van der Waals surface area contributed by atoms with Crippen LogP contribution in [0, 0.1) is 5.92 Å². The van der Waals surface area contributed by atoms with Crippen molar-refractivity contribution in [1.82, 2.24) is 19.8 Å². The number of hydrogen-bond acceptors (Lipinski definition) is 8. The molecule has 32 heavy (non-hydrogen) atoms. The van der Waals surface area contributed by atoms with Crippen LogP contribution in [0.4, 0.5) is 10.9 Å². The smallest absolute Gasteiger partial charge is 0.264 e. The highest BCUT2D eigenvalue weighted by Crippen LogP contribution is 2.35. The second-order valence-corrected chi connectivity index (χ2v) is 10.9. The van der Waals surface area contributed by atoms with Crippen molar-refractivity contribution in [2.24, 2.45) is 5.92 Å². The van der Waals surface area contributed by atoms with Gasteiger partial charge in [0.25, 0.3) is 5.91 Å². The Bertz CT molecular complexity index is 1030. The number of piperazine rings is 1. The normalized spacial score (nSPS) is 20.1. The van der Waals surface area contributed by atoms with Gasteiger partial charge in [-0.15, -0.1) is 11.3 Å². The fraction of sp³-hybridized carbons (Fsp3) is 0.522. The molecule has 0 saturated carbocycles. The van der Waals surface area contributed by atoms with E-state index in [1.807, 2.05) is 37.3 Å². The first-order valence-electron chi connectivity index (χ1n) is 11.3. The standard InChI is InChI=1S/C23H30N6OS2/c1-26(2)23-25-21-18(32-23)14-19(31-21)22(30)29-9-5-6-17(16-29)15-27-10-12-28(13-11-27)20-7-3-4-8-24-20/h3-4,7-8,14,17H,5-6,9-13,15-16H2,1-2H3. The topological polar surface area (TPSA) is 55.8 Å². The fourth-order valence-corrected chi connectivity index (χ4v) is 6.74. The van der Waals surface area contributed by atoms with E-state index in [9.17, 15) is 4.79 Å². The molecule has 2 fully saturated rings. The van der Waals surface area contributed by atoms with Crippen LogP contribution in [0.3, 0.4) is 0 Å². The van der Waals surface area contributed by atoms with E-state index in [0.29, 0.717) is 5.92 Å². The number of anilines is 2. The first-order chi connectivity index (χ1) is 15.6. The van der Waals surface area contributed by atoms with Gasteiger partial charge in [0.1, 0.15) is 10.6 Å². The van der Waals surface area contributed by atoms with Crippen molar-refractivity contribution in [2.45, 2.75) is 12.8 Å². The van der Waals surface area contributed by atoms with Crippen molar-refractivity contribution in [3.05, 3.63) is 35.3 Å². The molecule has 2 saturated heterocycles. The van der Waals surface area contributed by atoms with Crippen molar-refractivity contribution in [2.75, 3.05) is 69.7 Å². The molecule has 3 aromatic heterocycles. The second kappa shape index (κ2) is 9.33. The van der Waals surface area contributed by atoms with Gasteiger partial charge in [0, 0.05) is 66.1 Å². The lowest BCUT2D eigenvalue weighted by Crippen LogP contribution is -2.50. The zero-order chi connectivity index (χ0) is 22.1. The number of rotatable bonds is 5. The average molecular weight is 471 g/mol. The van der Waals surface area contributed by atoms with Crippen molar-refractivity contribution < 1.29 is 4.79 Å². The lowest BCUT2D eigenvalue weighted by Gasteiger charge is -2.39. The molecule has 1 atom stereocenters. The molecule has 0 aliphatic carbocycles. The summed E-state index contributed by atoms with van der Waals surface area (Å²) in [6.07, 6.45) is 4.16. The molecule has 0 aromatic carbocycles. The summed E-state index contributed by atoms with van der Waals surface area (Å²) >= 11 is 3.18. The van der Waals surface area contributed by atoms with E-state index in [0.717, 1.165) is 77.6 Å². The van der Waals surface area contributed by atoms with Gasteiger partial charge in [-0.05, 0) is 37.0 Å². The molecule has 3 aromatic rings. The summed E-state index contributed by atoms with van der Waals surface area (Å²) in [5.41, 5.74) is 0. The number of thiazole rings is 1. The first kappa shape index (κ1) is 21.6. The maximum Gasteiger partial charge on any atom is 0.264 e. The first-order valence-corrected chi connectivity index (χ1v) is 13.0. The SMILES string of the molecule is CN(C)c1nc2sc(C(=O)N3CCCC(CN4CCN(c5ccccn5)CC4)C3)cc2s1. The molecule has 5 rings (SSSR count). The number of likely N-dealkylation sites (tertiary alicyclic amines) is 1. The van der Waals surface area contributed by atoms with Crippen LogP contribution in [0.1, 0.15) is 22.5 Å². The van der Waals surface area contributed by atoms with Crippen molar-refractivity contribution in [1.29, 1.82) is 0 Å². The number of amides is 1. The van der Waals surface area contributed by atoms with Gasteiger partial charge in [0.15, 0.2) is 5.13 Å². The predicted molar refractivity (Wildman–Crippen MR) is 133 cm³/mol. The molecular formula is C23H30N6OS2. The Balaban J connectivity index is 1.16. The van der Waals surface area contributed by atoms with Gasteiger partial charge in [0.05, 0.1) is 9.58 Å². The summed E-state index contributed by atoms with van der Waals surface area (Å²) in [7, 11) is 4.00. The van der Waals surface area contributed by atoms with E-state index in [-0.39, 0.29) is 5.91 Å². The Labute approximate surface area is 197 Å². The van der Waals surface area contributed by atoms with Crippen LogP contribution < -0.4 is 9.80 Å². The summed E-state index contributed by atoms with van der Waals surface area (Å²) in [6, 6.07) is 8.14. The van der Waals surface area contributed by atoms with E-state index >= 15 is 0 Å². The van der Waals surface area contributed by atoms with Gasteiger partial charge in [-0.25, -0.2) is 9.97 Å². The van der Waals surface area contributed by atoms with E-state index in [1.165, 1.54) is 17.8 Å². The summed E-state index contributed by atoms with van der Waals surface area (Å²) in [6.45, 7) is 6.95. The molecular weight excluding hydrogens is 440 g/mol. The second-order valence-electron chi connectivity index (χ2n) is 8.91. The molecule has 0 N–H and O–H groups in total. The third-order valence-electron chi connectivity index (χ3n) is 6.34. The van der Waals surface area contributed by atoms with Gasteiger partial charge < -0.3 is 14.7 Å². The Kier molecular flexibility index (Phi) is 6.30. The van der Waals surface area contributed by atoms with Crippen LogP contribution in [0.25, 0.3) is 9.53 Å². The van der Waals surface area contributed by atoms with Crippen LogP contribution in [-0.2, 0) is 0 Å². The van der Waals surface area contributed by atoms with Crippen molar-refractivity contribution in [3.8, 4) is 0 Å². The largest absolute Gasteiger partial charge is 0.354 e. The Morgan fingerprint density at radius 3 is 2.72 bits per heavy atom. The summed E-state index contributed by atoms with van der Waals surface area (Å²) in [5, 5.41) is 0.992. The highest BCUT2D eigenvalue weighted by molar-refractivity contribution is 7.29. The van der Waals surface area contributed by atoms with Crippen LogP contribution in [0.15, 0.2) is 30.5 Å². The molecule has 170 valence electrons. The molecule has 1 amide bonds. The van der Waals surface area contributed by atoms with Gasteiger partial charge in [-0.3, -0.25) is 9.69 Å². The van der Waals surface area contributed by atoms with Crippen LogP contribution in [0.2, 0.25) is 0 Å². The lowest BCUT2D eigenvalue weighted by atomic mass is 9.97. The van der Waals surface area contributed by atoms with E-state index < -0.39 is 0 Å². The Morgan fingerprint density at radius 1 is 1.16 bits per heavy atom. The van der Waals surface area contributed by atoms with Crippen molar-refractivity contribution >= 4 is 49.1 Å². The molecule has 5 heterocycles. The van der Waals surface area contributed by atoms with E-state index in [1.54, 1.807) is 11.3 Å². The van der Waals surface area contributed by atoms with Crippen LogP contribution >= 0.6 is 22.7 Å². The maximum atomic E-state index is 13.2. The molecule has 0 bridgehead atoms. The molecule has 0 radical (unpaired) electrons. The zero-order valence-corrected chi connectivity index (χ0v) is 20.4. The average Bonchev–Trinajstić information content (AvgIpc) is 3.40. The number of hydrogen-bond donors (Lipinski definition) is 0. The molecule has 9 heteroatoms. The molecule has 1 unspecified atom stereocenters. The summed E-state index contributed by atoms with van der Waals surface area (Å²) < 4.78 is 1.11. The number of fused-ring (bicyclic) bond motifs is 1. The van der Waals surface area contributed by atoms with E-state index in [2.05, 4.69) is 36.8 Å². The molecule has 2 aliphatic rings. The quantitative estimate of drug-likeness (QED) is 0.569. The van der Waals surface area contributed by atoms with Gasteiger partial charge in [-0.1, -0.05) is 17.4 Å². The van der Waals surface area contributed by atoms with E-state index in [4.69, 9.17) is 0 Å². The number of carbonyl (C=O) groups excluding carboxylic acids is 1. The Morgan fingerprint density at radius 2 is 2.00 bits per heavy atom. The number of pyridine rings is 1. The highest BCUT2D eigenvalue weighted by atomic mass is 32.1. The number of piperidine rings is 1. The highest BCUT2D eigenvalue weighted by Gasteiger charge is 2.28. The maximum absolute atomic E-state index is 13.2. The predicted octanol–water partition coefficient (Wildman–Crippen LogP) is 3.49. The van der Waals surface area contributed by atoms with Gasteiger partial charge in [0.2, 0.25) is 0 Å². The minimum absolute atomic E-state index is 0.177. The molecule has 7 nitrogen and oxygen atoms in total. The number of thiophene rings is 1. The minimum Gasteiger partial charge on any atom is -0.354 e. The van der Waals surface area contributed by atoms with Crippen molar-refractivity contribution in [3.63, 3.8) is 0 Å². The zero-order valence-electron chi connectivity index (χ0n) is 18.7. The minimum atomic E-state index is 0.177. The fourth-order valence-electron chi connectivity index (χ4n) is 4.64. The Hall–Kier alpha value is -2.23.